The summed E-state index contributed by atoms with van der Waals surface area (Å²) >= 11 is 0. The Balaban J connectivity index is 12.0. The van der Waals surface area contributed by atoms with Crippen molar-refractivity contribution in [1.82, 2.24) is 0 Å². The van der Waals surface area contributed by atoms with Crippen molar-refractivity contribution in [3.05, 3.63) is 0 Å². The van der Waals surface area contributed by atoms with Crippen LogP contribution >= 0.6 is 188 Å². The van der Waals surface area contributed by atoms with Crippen molar-refractivity contribution >= 4 is 287 Å². The Morgan fingerprint density at radius 2 is 0.406 bits per heavy atom. The molecular weight excluding hydrogens is 1920 g/mol. The summed E-state index contributed by atoms with van der Waals surface area (Å²) < 4.78 is 125. The average Bonchev–Trinajstić information content (AvgIpc) is 0.719. The van der Waals surface area contributed by atoms with Gasteiger partial charge in [-0.1, -0.05) is 61.8 Å². The summed E-state index contributed by atoms with van der Waals surface area (Å²) in [6.45, 7) is 65.6. The Bertz CT molecular complexity index is 1880. The Hall–Kier alpha value is 8.98. The lowest BCUT2D eigenvalue weighted by Crippen LogP contribution is -2.57. The SMILES string of the molecule is CCO[Si](OCC)(OCC)[S+](SCC)SSC(CCC(C)CC)(SS[S+](SCC)[Si](OCC)(OCC)OCC)C(C)(SS[S+](SCC)[Si](OCC)(OCC)OCC)C(SS[S+](SCC)[Si](OCC)(OCC)OCC)(SS[S+](SCC)[Si](OCC)(OCC)OCC)SS[S+](SCC)[Si](OCC)(OCC)OCC. The second-order valence-corrected chi connectivity index (χ2v) is 106. The molecule has 0 spiro atoms. The molecule has 0 bridgehead atoms. The summed E-state index contributed by atoms with van der Waals surface area (Å²) in [5.41, 5.74) is 0. The summed E-state index contributed by atoms with van der Waals surface area (Å²) in [6, 6.07) is 0. The average molecular weight is 2060 g/mol. The van der Waals surface area contributed by atoms with E-state index in [-0.39, 0.29) is 0 Å². The van der Waals surface area contributed by atoms with Gasteiger partial charge in [-0.2, -0.15) is 0 Å². The van der Waals surface area contributed by atoms with Crippen molar-refractivity contribution in [3.8, 4) is 0 Å². The molecule has 0 saturated heterocycles. The van der Waals surface area contributed by atoms with E-state index in [4.69, 9.17) is 79.7 Å². The highest BCUT2D eigenvalue weighted by molar-refractivity contribution is 9.36. The molecule has 0 amide bonds. The third-order valence-electron chi connectivity index (χ3n) is 12.7. The maximum absolute atomic E-state index is 7.13. The van der Waals surface area contributed by atoms with Gasteiger partial charge in [0.2, 0.25) is 0 Å². The van der Waals surface area contributed by atoms with E-state index in [0.717, 1.165) is 53.8 Å². The van der Waals surface area contributed by atoms with Gasteiger partial charge in [0.25, 0.3) is 0 Å². The highest BCUT2D eigenvalue weighted by Crippen LogP contribution is 2.81. The van der Waals surface area contributed by atoms with Crippen molar-refractivity contribution < 1.29 is 79.7 Å². The van der Waals surface area contributed by atoms with Crippen LogP contribution in [0.4, 0.5) is 0 Å². The van der Waals surface area contributed by atoms with Gasteiger partial charge >= 0.3 is 47.7 Å². The van der Waals surface area contributed by atoms with E-state index in [1.54, 1.807) is 0 Å². The zero-order valence-electron chi connectivity index (χ0n) is 68.3. The Kier molecular flexibility index (Phi) is 73.1. The van der Waals surface area contributed by atoms with Crippen LogP contribution in [0.15, 0.2) is 0 Å². The lowest BCUT2D eigenvalue weighted by molar-refractivity contribution is 0.0958. The molecule has 0 aromatic rings. The van der Waals surface area contributed by atoms with Gasteiger partial charge < -0.3 is 79.7 Å². The van der Waals surface area contributed by atoms with Crippen molar-refractivity contribution in [1.29, 1.82) is 0 Å². The zero-order valence-corrected chi connectivity index (χ0v) is 93.9. The first kappa shape index (κ1) is 115. The fraction of sp³-hybridized carbons (Fsp3) is 1.00. The van der Waals surface area contributed by atoms with E-state index in [1.807, 2.05) is 188 Å². The number of hydrogen-bond donors (Lipinski definition) is 0. The van der Waals surface area contributed by atoms with Gasteiger partial charge in [-0.15, -0.1) is 0 Å². The molecule has 0 rings (SSSR count). The van der Waals surface area contributed by atoms with Crippen LogP contribution in [0, 0.1) is 5.92 Å². The van der Waals surface area contributed by atoms with Crippen LogP contribution in [0.5, 0.6) is 0 Å². The molecule has 0 aliphatic rings. The standard InChI is InChI=1S/C58H136O18S24Si6/c1-28-55(26)53-54-57(84-90-96(78-48-21)102(62-32-5,63-33-6)64-34-7,85-91-97(79-49-22)103(65-35-8,66-36-9)67-37-10)56(27,83-89-95(77-47-20)101(59-29-2,60-30-3)61-31-4)58(86-92-98(80-50-23)104(68-38-11,69-39-12)70-40-13,87-93-99(81-51-24)105(71-41-14,72-42-15)73-43-16)88-94-100(82-52-25)106(74-44-17,75-45-18)76-46-19/h55H,28-54H2,1-27H3/q+6. The molecule has 0 radical (unpaired) electrons. The van der Waals surface area contributed by atoms with Crippen LogP contribution in [0.1, 0.15) is 206 Å². The predicted molar refractivity (Wildman–Crippen MR) is 530 cm³/mol. The molecule has 0 aliphatic carbocycles. The molecule has 48 heteroatoms. The molecule has 8 unspecified atom stereocenters. The third kappa shape index (κ3) is 36.5. The van der Waals surface area contributed by atoms with Crippen LogP contribution in [0.3, 0.4) is 0 Å². The number of rotatable bonds is 78. The van der Waals surface area contributed by atoms with Crippen LogP contribution < -0.4 is 0 Å². The van der Waals surface area contributed by atoms with Gasteiger partial charge in [0, 0.05) is 153 Å². The first-order valence-electron chi connectivity index (χ1n) is 37.0. The third-order valence-corrected chi connectivity index (χ3v) is 135. The van der Waals surface area contributed by atoms with E-state index in [0.29, 0.717) is 125 Å². The molecule has 106 heavy (non-hydrogen) atoms. The molecule has 0 aromatic heterocycles. The molecule has 0 fully saturated rings. The van der Waals surface area contributed by atoms with E-state index in [1.165, 1.54) is 0 Å². The fourth-order valence-electron chi connectivity index (χ4n) is 8.50. The molecule has 0 aliphatic heterocycles. The normalized spacial score (nSPS) is 16.9. The highest BCUT2D eigenvalue weighted by atomic mass is 33.8. The fourth-order valence-corrected chi connectivity index (χ4v) is 145. The monoisotopic (exact) mass is 2060 g/mol. The summed E-state index contributed by atoms with van der Waals surface area (Å²) in [7, 11) is 8.68. The molecule has 638 valence electrons. The maximum Gasteiger partial charge on any atom is 0.808 e. The first-order valence-corrected chi connectivity index (χ1v) is 84.0. The second-order valence-electron chi connectivity index (χ2n) is 19.9. The molecule has 0 heterocycles. The van der Waals surface area contributed by atoms with Crippen LogP contribution in [-0.4, -0.2) is 213 Å². The van der Waals surface area contributed by atoms with Crippen molar-refractivity contribution in [3.63, 3.8) is 0 Å². The summed E-state index contributed by atoms with van der Waals surface area (Å²) in [5.74, 6) is 5.11. The molecular formula is C58H136O18S24Si6+6. The minimum Gasteiger partial charge on any atom is -0.331 e. The highest BCUT2D eigenvalue weighted by Gasteiger charge is 2.78. The van der Waals surface area contributed by atoms with Crippen molar-refractivity contribution in [2.24, 2.45) is 5.92 Å². The van der Waals surface area contributed by atoms with Gasteiger partial charge in [0.15, 0.2) is 113 Å². The quantitative estimate of drug-likeness (QED) is 0.0244. The minimum atomic E-state index is -3.56. The van der Waals surface area contributed by atoms with Gasteiger partial charge in [0.1, 0.15) is 4.08 Å². The summed E-state index contributed by atoms with van der Waals surface area (Å²) in [6.07, 6.45) is 2.61. The van der Waals surface area contributed by atoms with E-state index < -0.39 is 110 Å². The molecule has 8 atom stereocenters. The Morgan fingerprint density at radius 1 is 0.245 bits per heavy atom. The van der Waals surface area contributed by atoms with Gasteiger partial charge in [-0.05, 0) is 215 Å². The zero-order chi connectivity index (χ0) is 80.1. The summed E-state index contributed by atoms with van der Waals surface area (Å²) in [4.78, 5) is 0. The Labute approximate surface area is 734 Å². The molecule has 0 saturated carbocycles. The molecule has 18 nitrogen and oxygen atoms in total. The number of hydrogen-bond acceptors (Lipinski definition) is 36. The predicted octanol–water partition coefficient (Wildman–Crippen LogP) is 23.7. The van der Waals surface area contributed by atoms with E-state index >= 15 is 0 Å². The molecule has 0 aromatic carbocycles. The lowest BCUT2D eigenvalue weighted by atomic mass is 9.96. The van der Waals surface area contributed by atoms with Crippen molar-refractivity contribution in [2.75, 3.05) is 153 Å². The maximum atomic E-state index is 7.13. The second kappa shape index (κ2) is 67.3. The van der Waals surface area contributed by atoms with E-state index in [2.05, 4.69) is 187 Å². The van der Waals surface area contributed by atoms with Crippen LogP contribution in [-0.2, 0) is 130 Å². The largest absolute Gasteiger partial charge is 0.808 e. The first-order chi connectivity index (χ1) is 51.0. The van der Waals surface area contributed by atoms with Crippen LogP contribution in [0.2, 0.25) is 0 Å². The van der Waals surface area contributed by atoms with Gasteiger partial charge in [-0.25, -0.2) is 0 Å². The molecule has 0 N–H and O–H groups in total. The minimum absolute atomic E-state index is 0.321. The summed E-state index contributed by atoms with van der Waals surface area (Å²) in [5, 5.41) is 0. The lowest BCUT2D eigenvalue weighted by Gasteiger charge is -2.52. The van der Waals surface area contributed by atoms with Gasteiger partial charge in [-0.3, -0.25) is 0 Å². The smallest absolute Gasteiger partial charge is 0.331 e. The van der Waals surface area contributed by atoms with Crippen LogP contribution in [0.25, 0.3) is 0 Å². The van der Waals surface area contributed by atoms with E-state index in [9.17, 15) is 0 Å². The Morgan fingerprint density at radius 3 is 0.557 bits per heavy atom. The van der Waals surface area contributed by atoms with Gasteiger partial charge in [0.05, 0.1) is 69.5 Å². The van der Waals surface area contributed by atoms with Crippen molar-refractivity contribution in [2.45, 2.75) is 218 Å². The topological polar surface area (TPSA) is 166 Å².